The van der Waals surface area contributed by atoms with Gasteiger partial charge in [0.2, 0.25) is 0 Å². The first-order chi connectivity index (χ1) is 13.3. The lowest BCUT2D eigenvalue weighted by molar-refractivity contribution is 0.0595. The Hall–Kier alpha value is -1.65. The number of nitrogens with zero attached hydrogens (tertiary/aromatic N) is 2. The van der Waals surface area contributed by atoms with Crippen LogP contribution >= 0.6 is 34.9 Å². The van der Waals surface area contributed by atoms with E-state index in [1.165, 1.54) is 18.2 Å². The molecule has 3 N–H and O–H groups in total. The van der Waals surface area contributed by atoms with Crippen molar-refractivity contribution in [3.8, 4) is 0 Å². The predicted molar refractivity (Wildman–Crippen MR) is 109 cm³/mol. The summed E-state index contributed by atoms with van der Waals surface area (Å²) in [4.78, 5) is 29.7. The molecule has 0 atom stereocenters. The average Bonchev–Trinajstić information content (AvgIpc) is 3.08. The maximum atomic E-state index is 14.1. The van der Waals surface area contributed by atoms with Crippen LogP contribution in [0.25, 0.3) is 10.1 Å². The third-order valence-corrected chi connectivity index (χ3v) is 8.05. The Morgan fingerprint density at radius 1 is 1.38 bits per heavy atom. The summed E-state index contributed by atoms with van der Waals surface area (Å²) in [6, 6.07) is 4.36. The Labute approximate surface area is 177 Å². The van der Waals surface area contributed by atoms with Crippen LogP contribution in [0.5, 0.6) is 0 Å². The van der Waals surface area contributed by atoms with Gasteiger partial charge >= 0.3 is 13.3 Å². The summed E-state index contributed by atoms with van der Waals surface area (Å²) < 4.78 is 41.4. The van der Waals surface area contributed by atoms with Crippen LogP contribution in [0.2, 0.25) is 0 Å². The summed E-state index contributed by atoms with van der Waals surface area (Å²) in [5.41, 5.74) is -1.48. The molecule has 2 heterocycles. The molecule has 12 heteroatoms. The van der Waals surface area contributed by atoms with Gasteiger partial charge in [-0.25, -0.2) is 0 Å². The minimum Gasteiger partial charge on any atom is -0.348 e. The maximum absolute atomic E-state index is 14.1. The smallest absolute Gasteiger partial charge is 0.348 e. The number of thiophene rings is 1. The summed E-state index contributed by atoms with van der Waals surface area (Å²) in [5.74, 6) is -0.407. The lowest BCUT2D eigenvalue weighted by atomic mass is 10.1. The average molecular weight is 508 g/mol. The molecule has 2 aromatic heterocycles. The summed E-state index contributed by atoms with van der Waals surface area (Å²) in [6.07, 6.45) is 0. The molecule has 0 fully saturated rings. The third-order valence-electron chi connectivity index (χ3n) is 4.61. The summed E-state index contributed by atoms with van der Waals surface area (Å²) in [5, 5.41) is 7.34. The minimum atomic E-state index is -5.70. The Kier molecular flexibility index (Phi) is 5.74. The van der Waals surface area contributed by atoms with Crippen molar-refractivity contribution in [1.29, 1.82) is 0 Å². The highest BCUT2D eigenvalue weighted by molar-refractivity contribution is 9.10. The molecule has 0 aliphatic rings. The Bertz CT molecular complexity index is 1170. The van der Waals surface area contributed by atoms with Gasteiger partial charge in [0.15, 0.2) is 0 Å². The number of carbonyl (C=O) groups excluding carboxylic acids is 1. The quantitative estimate of drug-likeness (QED) is 0.449. The van der Waals surface area contributed by atoms with Gasteiger partial charge in [-0.2, -0.15) is 13.9 Å². The van der Waals surface area contributed by atoms with Crippen molar-refractivity contribution in [2.45, 2.75) is 26.1 Å². The van der Waals surface area contributed by atoms with Gasteiger partial charge in [0.05, 0.1) is 5.69 Å². The molecule has 0 saturated heterocycles. The molecular formula is C17H17BrF2N3O4PS. The number of carbonyl (C=O) groups is 1. The molecule has 29 heavy (non-hydrogen) atoms. The van der Waals surface area contributed by atoms with Crippen LogP contribution in [0.1, 0.15) is 32.2 Å². The SMILES string of the molecule is Cc1nn(C)c(C)c1CNC(=O)c1ccc2sc(C(F)(F)P(=O)(O)O)c(Br)c2c1. The van der Waals surface area contributed by atoms with E-state index < -0.39 is 24.0 Å². The monoisotopic (exact) mass is 507 g/mol. The molecule has 0 aliphatic heterocycles. The number of aryl methyl sites for hydroxylation is 2. The van der Waals surface area contributed by atoms with E-state index in [9.17, 15) is 18.1 Å². The Balaban J connectivity index is 1.90. The van der Waals surface area contributed by atoms with Crippen LogP contribution < -0.4 is 5.32 Å². The minimum absolute atomic E-state index is 0.139. The molecule has 0 aliphatic carbocycles. The molecule has 0 saturated carbocycles. The first kappa shape index (κ1) is 22.0. The third kappa shape index (κ3) is 3.89. The standard InChI is InChI=1S/C17H17BrF2N3O4PS/c1-8-12(9(2)23(3)22-8)7-21-16(24)10-4-5-13-11(6-10)14(18)15(29-13)17(19,20)28(25,26)27/h4-6H,7H2,1-3H3,(H,21,24)(H2,25,26,27). The zero-order valence-electron chi connectivity index (χ0n) is 15.5. The number of amides is 1. The number of rotatable bonds is 5. The van der Waals surface area contributed by atoms with E-state index in [1.54, 1.807) is 11.7 Å². The van der Waals surface area contributed by atoms with Gasteiger partial charge < -0.3 is 15.1 Å². The van der Waals surface area contributed by atoms with Gasteiger partial charge in [-0.15, -0.1) is 11.3 Å². The molecule has 0 radical (unpaired) electrons. The second-order valence-corrected chi connectivity index (χ2v) is 9.99. The highest BCUT2D eigenvalue weighted by Gasteiger charge is 2.53. The number of fused-ring (bicyclic) bond motifs is 1. The molecule has 0 bridgehead atoms. The number of benzene rings is 1. The van der Waals surface area contributed by atoms with Gasteiger partial charge in [-0.1, -0.05) is 0 Å². The molecule has 3 aromatic rings. The second kappa shape index (κ2) is 7.55. The molecular weight excluding hydrogens is 491 g/mol. The maximum Gasteiger partial charge on any atom is 0.400 e. The molecule has 1 aromatic carbocycles. The van der Waals surface area contributed by atoms with E-state index in [2.05, 4.69) is 26.3 Å². The largest absolute Gasteiger partial charge is 0.400 e. The van der Waals surface area contributed by atoms with E-state index >= 15 is 0 Å². The fraction of sp³-hybridized carbons (Fsp3) is 0.294. The normalized spacial score (nSPS) is 12.6. The molecule has 1 amide bonds. The van der Waals surface area contributed by atoms with Crippen molar-refractivity contribution in [1.82, 2.24) is 15.1 Å². The number of hydrogen-bond donors (Lipinski definition) is 3. The van der Waals surface area contributed by atoms with Crippen molar-refractivity contribution in [2.75, 3.05) is 0 Å². The van der Waals surface area contributed by atoms with E-state index in [4.69, 9.17) is 9.79 Å². The second-order valence-electron chi connectivity index (χ2n) is 6.50. The van der Waals surface area contributed by atoms with Crippen LogP contribution in [0, 0.1) is 13.8 Å². The number of halogens is 3. The van der Waals surface area contributed by atoms with Crippen LogP contribution in [-0.4, -0.2) is 25.5 Å². The van der Waals surface area contributed by atoms with Crippen LogP contribution in [0.3, 0.4) is 0 Å². The highest BCUT2D eigenvalue weighted by atomic mass is 79.9. The van der Waals surface area contributed by atoms with Gasteiger partial charge in [-0.3, -0.25) is 14.0 Å². The molecule has 156 valence electrons. The van der Waals surface area contributed by atoms with Gasteiger partial charge in [0.25, 0.3) is 5.91 Å². The number of alkyl halides is 2. The number of hydrogen-bond acceptors (Lipinski definition) is 4. The fourth-order valence-electron chi connectivity index (χ4n) is 2.88. The molecule has 7 nitrogen and oxygen atoms in total. The topological polar surface area (TPSA) is 104 Å². The zero-order chi connectivity index (χ0) is 21.7. The highest BCUT2D eigenvalue weighted by Crippen LogP contribution is 2.62. The first-order valence-corrected chi connectivity index (χ1v) is 11.5. The Morgan fingerprint density at radius 2 is 2.03 bits per heavy atom. The molecule has 0 spiro atoms. The predicted octanol–water partition coefficient (Wildman–Crippen LogP) is 4.17. The number of aromatic nitrogens is 2. The van der Waals surface area contributed by atoms with Crippen molar-refractivity contribution >= 4 is 50.9 Å². The van der Waals surface area contributed by atoms with E-state index in [0.717, 1.165) is 17.0 Å². The van der Waals surface area contributed by atoms with Crippen molar-refractivity contribution in [3.05, 3.63) is 50.1 Å². The fourth-order valence-corrected chi connectivity index (χ4v) is 5.80. The summed E-state index contributed by atoms with van der Waals surface area (Å²) in [6.45, 7) is 3.99. The van der Waals surface area contributed by atoms with E-state index in [1.807, 2.05) is 13.8 Å². The lowest BCUT2D eigenvalue weighted by Gasteiger charge is -2.16. The molecule has 0 unspecified atom stereocenters. The zero-order valence-corrected chi connectivity index (χ0v) is 18.8. The van der Waals surface area contributed by atoms with Gasteiger partial charge in [-0.05, 0) is 48.0 Å². The molecule has 3 rings (SSSR count). The van der Waals surface area contributed by atoms with Crippen LogP contribution in [0.4, 0.5) is 8.78 Å². The lowest BCUT2D eigenvalue weighted by Crippen LogP contribution is -2.23. The summed E-state index contributed by atoms with van der Waals surface area (Å²) >= 11 is 3.57. The van der Waals surface area contributed by atoms with E-state index in [0.29, 0.717) is 16.0 Å². The first-order valence-electron chi connectivity index (χ1n) is 8.28. The van der Waals surface area contributed by atoms with Crippen molar-refractivity contribution in [2.24, 2.45) is 7.05 Å². The van der Waals surface area contributed by atoms with Gasteiger partial charge in [0, 0.05) is 45.0 Å². The van der Waals surface area contributed by atoms with Crippen molar-refractivity contribution < 1.29 is 27.9 Å². The summed E-state index contributed by atoms with van der Waals surface area (Å²) in [7, 11) is -3.89. The van der Waals surface area contributed by atoms with Crippen molar-refractivity contribution in [3.63, 3.8) is 0 Å². The van der Waals surface area contributed by atoms with Crippen LogP contribution in [-0.2, 0) is 23.8 Å². The Morgan fingerprint density at radius 3 is 2.59 bits per heavy atom. The van der Waals surface area contributed by atoms with Crippen LogP contribution in [0.15, 0.2) is 22.7 Å². The van der Waals surface area contributed by atoms with E-state index in [-0.39, 0.29) is 22.0 Å². The number of nitrogens with one attached hydrogen (secondary N) is 1. The van der Waals surface area contributed by atoms with Gasteiger partial charge in [0.1, 0.15) is 4.88 Å².